The number of likely N-dealkylation sites (N-methyl/N-ethyl adjacent to an activating group) is 1. The van der Waals surface area contributed by atoms with Gasteiger partial charge in [-0.3, -0.25) is 4.79 Å². The van der Waals surface area contributed by atoms with Gasteiger partial charge in [-0.05, 0) is 44.2 Å². The van der Waals surface area contributed by atoms with E-state index in [1.807, 2.05) is 43.1 Å². The van der Waals surface area contributed by atoms with Crippen LogP contribution in [0.4, 0.5) is 24.5 Å². The first-order valence-electron chi connectivity index (χ1n) is 9.72. The lowest BCUT2D eigenvalue weighted by molar-refractivity contribution is -0.136. The number of nitrogens with one attached hydrogen (secondary N) is 1. The minimum Gasteiger partial charge on any atom is -0.369 e. The van der Waals surface area contributed by atoms with Gasteiger partial charge >= 0.3 is 6.18 Å². The summed E-state index contributed by atoms with van der Waals surface area (Å²) in [6, 6.07) is 11.9. The summed E-state index contributed by atoms with van der Waals surface area (Å²) < 4.78 is 40.9. The quantitative estimate of drug-likeness (QED) is 0.804. The van der Waals surface area contributed by atoms with Crippen molar-refractivity contribution in [2.75, 3.05) is 43.4 Å². The maximum Gasteiger partial charge on any atom is 0.418 e. The van der Waals surface area contributed by atoms with Crippen molar-refractivity contribution in [2.24, 2.45) is 0 Å². The van der Waals surface area contributed by atoms with Crippen LogP contribution in [-0.4, -0.2) is 44.0 Å². The van der Waals surface area contributed by atoms with E-state index in [2.05, 4.69) is 10.2 Å². The number of anilines is 2. The third-order valence-corrected chi connectivity index (χ3v) is 5.17. The van der Waals surface area contributed by atoms with Crippen LogP contribution in [0.25, 0.3) is 0 Å². The highest BCUT2D eigenvalue weighted by molar-refractivity contribution is 5.92. The second-order valence-electron chi connectivity index (χ2n) is 7.56. The molecule has 1 aliphatic heterocycles. The Labute approximate surface area is 169 Å². The van der Waals surface area contributed by atoms with Gasteiger partial charge < -0.3 is 15.1 Å². The minimum absolute atomic E-state index is 0.126. The Kier molecular flexibility index (Phi) is 6.47. The molecule has 1 N–H and O–H groups in total. The van der Waals surface area contributed by atoms with E-state index in [4.69, 9.17) is 0 Å². The molecule has 1 heterocycles. The van der Waals surface area contributed by atoms with E-state index in [-0.39, 0.29) is 12.1 Å². The number of rotatable bonds is 5. The summed E-state index contributed by atoms with van der Waals surface area (Å²) in [5.74, 6) is -0.427. The van der Waals surface area contributed by atoms with E-state index in [1.54, 1.807) is 6.07 Å². The first-order valence-corrected chi connectivity index (χ1v) is 9.72. The molecule has 4 nitrogen and oxygen atoms in total. The van der Waals surface area contributed by atoms with Gasteiger partial charge in [0.2, 0.25) is 5.91 Å². The molecule has 7 heteroatoms. The zero-order valence-corrected chi connectivity index (χ0v) is 16.7. The van der Waals surface area contributed by atoms with Gasteiger partial charge in [0.15, 0.2) is 0 Å². The van der Waals surface area contributed by atoms with Crippen LogP contribution in [0, 0.1) is 6.92 Å². The standard InChI is InChI=1S/C22H26F3N3O/c1-16-4-3-5-17(14-16)6-9-21(29)26-20-8-7-18(15-19(20)22(23,24)25)28-12-10-27(2)11-13-28/h3-5,7-8,14-15H,6,9-13H2,1-2H3,(H,26,29). The summed E-state index contributed by atoms with van der Waals surface area (Å²) in [5.41, 5.74) is 1.61. The number of piperazine rings is 1. The zero-order valence-electron chi connectivity index (χ0n) is 16.7. The molecular formula is C22H26F3N3O. The van der Waals surface area contributed by atoms with Crippen LogP contribution >= 0.6 is 0 Å². The molecule has 1 aliphatic rings. The van der Waals surface area contributed by atoms with E-state index < -0.39 is 17.6 Å². The Morgan fingerprint density at radius 1 is 1.07 bits per heavy atom. The summed E-state index contributed by atoms with van der Waals surface area (Å²) in [6.45, 7) is 4.92. The number of carbonyl (C=O) groups excluding carboxylic acids is 1. The average Bonchev–Trinajstić information content (AvgIpc) is 2.67. The molecule has 3 rings (SSSR count). The van der Waals surface area contributed by atoms with Gasteiger partial charge in [0.05, 0.1) is 11.3 Å². The van der Waals surface area contributed by atoms with Crippen molar-refractivity contribution in [1.82, 2.24) is 4.90 Å². The maximum atomic E-state index is 13.6. The van der Waals surface area contributed by atoms with Crippen LogP contribution in [0.2, 0.25) is 0 Å². The summed E-state index contributed by atoms with van der Waals surface area (Å²) in [7, 11) is 1.99. The van der Waals surface area contributed by atoms with E-state index in [9.17, 15) is 18.0 Å². The topological polar surface area (TPSA) is 35.6 Å². The first-order chi connectivity index (χ1) is 13.7. The highest BCUT2D eigenvalue weighted by Gasteiger charge is 2.35. The van der Waals surface area contributed by atoms with E-state index >= 15 is 0 Å². The summed E-state index contributed by atoms with van der Waals surface area (Å²) in [4.78, 5) is 16.4. The predicted octanol–water partition coefficient (Wildman–Crippen LogP) is 4.34. The van der Waals surface area contributed by atoms with Crippen molar-refractivity contribution in [3.8, 4) is 0 Å². The SMILES string of the molecule is Cc1cccc(CCC(=O)Nc2ccc(N3CCN(C)CC3)cc2C(F)(F)F)c1. The van der Waals surface area contributed by atoms with Crippen LogP contribution in [0.15, 0.2) is 42.5 Å². The fourth-order valence-electron chi connectivity index (χ4n) is 3.48. The molecule has 0 unspecified atom stereocenters. The lowest BCUT2D eigenvalue weighted by atomic mass is 10.1. The smallest absolute Gasteiger partial charge is 0.369 e. The van der Waals surface area contributed by atoms with E-state index in [0.717, 1.165) is 30.3 Å². The molecule has 29 heavy (non-hydrogen) atoms. The lowest BCUT2D eigenvalue weighted by Gasteiger charge is -2.34. The molecule has 0 saturated carbocycles. The van der Waals surface area contributed by atoms with Crippen LogP contribution in [0.1, 0.15) is 23.1 Å². The number of halogens is 3. The van der Waals surface area contributed by atoms with Crippen LogP contribution in [0.3, 0.4) is 0 Å². The highest BCUT2D eigenvalue weighted by atomic mass is 19.4. The van der Waals surface area contributed by atoms with Crippen molar-refractivity contribution < 1.29 is 18.0 Å². The predicted molar refractivity (Wildman–Crippen MR) is 109 cm³/mol. The second kappa shape index (κ2) is 8.86. The number of hydrogen-bond acceptors (Lipinski definition) is 3. The van der Waals surface area contributed by atoms with Gasteiger partial charge in [-0.1, -0.05) is 29.8 Å². The molecule has 0 bridgehead atoms. The van der Waals surface area contributed by atoms with Gasteiger partial charge in [-0.15, -0.1) is 0 Å². The molecular weight excluding hydrogens is 379 g/mol. The largest absolute Gasteiger partial charge is 0.418 e. The summed E-state index contributed by atoms with van der Waals surface area (Å²) >= 11 is 0. The van der Waals surface area contributed by atoms with Crippen molar-refractivity contribution in [1.29, 1.82) is 0 Å². The Morgan fingerprint density at radius 2 is 1.79 bits per heavy atom. The Hall–Kier alpha value is -2.54. The van der Waals surface area contributed by atoms with Crippen molar-refractivity contribution >= 4 is 17.3 Å². The van der Waals surface area contributed by atoms with Crippen LogP contribution in [0.5, 0.6) is 0 Å². The Bertz CT molecular complexity index is 859. The maximum absolute atomic E-state index is 13.6. The zero-order chi connectivity index (χ0) is 21.0. The Morgan fingerprint density at radius 3 is 2.45 bits per heavy atom. The van der Waals surface area contributed by atoms with E-state index in [1.165, 1.54) is 6.07 Å². The molecule has 0 atom stereocenters. The summed E-state index contributed by atoms with van der Waals surface area (Å²) in [6.07, 6.45) is -3.93. The molecule has 0 spiro atoms. The van der Waals surface area contributed by atoms with Gasteiger partial charge in [0.25, 0.3) is 0 Å². The molecule has 156 valence electrons. The van der Waals surface area contributed by atoms with Gasteiger partial charge in [-0.2, -0.15) is 13.2 Å². The fourth-order valence-corrected chi connectivity index (χ4v) is 3.48. The number of carbonyl (C=O) groups is 1. The van der Waals surface area contributed by atoms with Gasteiger partial charge in [-0.25, -0.2) is 0 Å². The number of nitrogens with zero attached hydrogens (tertiary/aromatic N) is 2. The fraction of sp³-hybridized carbons (Fsp3) is 0.409. The molecule has 0 aromatic heterocycles. The number of alkyl halides is 3. The molecule has 0 aliphatic carbocycles. The summed E-state index contributed by atoms with van der Waals surface area (Å²) in [5, 5.41) is 2.45. The number of aryl methyl sites for hydroxylation is 2. The molecule has 2 aromatic rings. The monoisotopic (exact) mass is 405 g/mol. The lowest BCUT2D eigenvalue weighted by Crippen LogP contribution is -2.44. The van der Waals surface area contributed by atoms with Crippen molar-refractivity contribution in [3.05, 3.63) is 59.2 Å². The van der Waals surface area contributed by atoms with Crippen molar-refractivity contribution in [3.63, 3.8) is 0 Å². The van der Waals surface area contributed by atoms with Crippen LogP contribution in [-0.2, 0) is 17.4 Å². The number of hydrogen-bond donors (Lipinski definition) is 1. The van der Waals surface area contributed by atoms with E-state index in [0.29, 0.717) is 25.2 Å². The molecule has 1 amide bonds. The van der Waals surface area contributed by atoms with Gasteiger partial charge in [0, 0.05) is 38.3 Å². The van der Waals surface area contributed by atoms with Crippen LogP contribution < -0.4 is 10.2 Å². The Balaban J connectivity index is 1.71. The molecule has 1 saturated heterocycles. The molecule has 0 radical (unpaired) electrons. The number of benzene rings is 2. The molecule has 2 aromatic carbocycles. The molecule has 1 fully saturated rings. The highest BCUT2D eigenvalue weighted by Crippen LogP contribution is 2.37. The average molecular weight is 405 g/mol. The third kappa shape index (κ3) is 5.73. The van der Waals surface area contributed by atoms with Gasteiger partial charge in [0.1, 0.15) is 0 Å². The second-order valence-corrected chi connectivity index (χ2v) is 7.56. The normalized spacial score (nSPS) is 15.4. The minimum atomic E-state index is -4.54. The first kappa shape index (κ1) is 21.2. The third-order valence-electron chi connectivity index (χ3n) is 5.17. The van der Waals surface area contributed by atoms with Crippen molar-refractivity contribution in [2.45, 2.75) is 25.9 Å². The number of amides is 1.